The summed E-state index contributed by atoms with van der Waals surface area (Å²) < 4.78 is 3.05. The highest BCUT2D eigenvalue weighted by atomic mass is 79.9. The molecule has 0 spiro atoms. The van der Waals surface area contributed by atoms with E-state index in [0.717, 1.165) is 26.7 Å². The molecule has 1 N–H and O–H groups in total. The molecule has 26 heavy (non-hydrogen) atoms. The molecule has 0 unspecified atom stereocenters. The number of hydrogen-bond donors (Lipinski definition) is 1. The third kappa shape index (κ3) is 4.74. The Hall–Kier alpha value is -2.12. The predicted octanol–water partition coefficient (Wildman–Crippen LogP) is 4.44. The Morgan fingerprint density at radius 3 is 2.65 bits per heavy atom. The van der Waals surface area contributed by atoms with Gasteiger partial charge in [0.2, 0.25) is 5.91 Å². The quantitative estimate of drug-likeness (QED) is 0.587. The highest BCUT2D eigenvalue weighted by Crippen LogP contribution is 2.21. The highest BCUT2D eigenvalue weighted by Gasteiger charge is 2.12. The van der Waals surface area contributed by atoms with Gasteiger partial charge in [-0.05, 0) is 43.2 Å². The van der Waals surface area contributed by atoms with Gasteiger partial charge >= 0.3 is 0 Å². The number of anilines is 1. The molecule has 7 heteroatoms. The molecule has 1 aromatic heterocycles. The van der Waals surface area contributed by atoms with Crippen LogP contribution in [0, 0.1) is 13.8 Å². The number of carbonyl (C=O) groups excluding carboxylic acids is 1. The molecule has 2 aromatic carbocycles. The lowest BCUT2D eigenvalue weighted by atomic mass is 10.2. The molecule has 5 nitrogen and oxygen atoms in total. The summed E-state index contributed by atoms with van der Waals surface area (Å²) >= 11 is 4.85. The molecule has 0 aliphatic carbocycles. The van der Waals surface area contributed by atoms with Gasteiger partial charge in [0, 0.05) is 10.2 Å². The summed E-state index contributed by atoms with van der Waals surface area (Å²) in [6.45, 7) is 4.60. The predicted molar refractivity (Wildman–Crippen MR) is 109 cm³/mol. The number of benzene rings is 2. The number of halogens is 1. The Morgan fingerprint density at radius 1 is 1.15 bits per heavy atom. The smallest absolute Gasteiger partial charge is 0.234 e. The average Bonchev–Trinajstić information content (AvgIpc) is 2.97. The fourth-order valence-electron chi connectivity index (χ4n) is 2.47. The SMILES string of the molecule is Cc1cc(NC(=O)CSc2nnc(C)n2Cc2ccccc2)ccc1Br. The van der Waals surface area contributed by atoms with Crippen LogP contribution in [-0.2, 0) is 11.3 Å². The monoisotopic (exact) mass is 430 g/mol. The number of amides is 1. The molecular formula is C19H19BrN4OS. The fraction of sp³-hybridized carbons (Fsp3) is 0.211. The molecule has 0 fully saturated rings. The average molecular weight is 431 g/mol. The van der Waals surface area contributed by atoms with E-state index >= 15 is 0 Å². The van der Waals surface area contributed by atoms with E-state index in [2.05, 4.69) is 43.6 Å². The summed E-state index contributed by atoms with van der Waals surface area (Å²) in [6.07, 6.45) is 0. The Bertz CT molecular complexity index is 911. The fourth-order valence-corrected chi connectivity index (χ4v) is 3.50. The molecule has 0 bridgehead atoms. The summed E-state index contributed by atoms with van der Waals surface area (Å²) in [5.74, 6) is 1.05. The molecule has 134 valence electrons. The summed E-state index contributed by atoms with van der Waals surface area (Å²) in [5.41, 5.74) is 3.04. The first kappa shape index (κ1) is 18.7. The van der Waals surface area contributed by atoms with Crippen molar-refractivity contribution in [3.8, 4) is 0 Å². The van der Waals surface area contributed by atoms with E-state index < -0.39 is 0 Å². The van der Waals surface area contributed by atoms with Crippen LogP contribution in [0.15, 0.2) is 58.2 Å². The van der Waals surface area contributed by atoms with Gasteiger partial charge in [0.05, 0.1) is 12.3 Å². The molecule has 0 aliphatic heterocycles. The van der Waals surface area contributed by atoms with Crippen LogP contribution >= 0.6 is 27.7 Å². The molecule has 0 atom stereocenters. The second kappa shape index (κ2) is 8.51. The second-order valence-electron chi connectivity index (χ2n) is 5.90. The molecule has 3 rings (SSSR count). The summed E-state index contributed by atoms with van der Waals surface area (Å²) in [6, 6.07) is 15.9. The van der Waals surface area contributed by atoms with Gasteiger partial charge in [-0.1, -0.05) is 58.0 Å². The van der Waals surface area contributed by atoms with E-state index in [1.807, 2.05) is 54.8 Å². The van der Waals surface area contributed by atoms with E-state index in [4.69, 9.17) is 0 Å². The van der Waals surface area contributed by atoms with Crippen molar-refractivity contribution in [2.75, 3.05) is 11.1 Å². The van der Waals surface area contributed by atoms with Crippen LogP contribution < -0.4 is 5.32 Å². The van der Waals surface area contributed by atoms with Gasteiger partial charge in [-0.2, -0.15) is 0 Å². The molecule has 0 aliphatic rings. The van der Waals surface area contributed by atoms with E-state index in [9.17, 15) is 4.79 Å². The number of nitrogens with zero attached hydrogens (tertiary/aromatic N) is 3. The van der Waals surface area contributed by atoms with Gasteiger partial charge in [-0.15, -0.1) is 10.2 Å². The Kier molecular flexibility index (Phi) is 6.11. The minimum atomic E-state index is -0.0661. The van der Waals surface area contributed by atoms with E-state index in [0.29, 0.717) is 6.54 Å². The van der Waals surface area contributed by atoms with E-state index in [1.54, 1.807) is 0 Å². The van der Waals surface area contributed by atoms with Crippen LogP contribution in [0.25, 0.3) is 0 Å². The van der Waals surface area contributed by atoms with Crippen molar-refractivity contribution in [2.45, 2.75) is 25.5 Å². The van der Waals surface area contributed by atoms with Crippen molar-refractivity contribution in [2.24, 2.45) is 0 Å². The molecule has 0 saturated heterocycles. The lowest BCUT2D eigenvalue weighted by molar-refractivity contribution is -0.113. The standard InChI is InChI=1S/C19H19BrN4OS/c1-13-10-16(8-9-17(13)20)21-18(25)12-26-19-23-22-14(2)24(19)11-15-6-4-3-5-7-15/h3-10H,11-12H2,1-2H3,(H,21,25). The zero-order valence-corrected chi connectivity index (χ0v) is 17.0. The van der Waals surface area contributed by atoms with E-state index in [-0.39, 0.29) is 11.7 Å². The molecule has 3 aromatic rings. The normalized spacial score (nSPS) is 10.7. The molecular weight excluding hydrogens is 412 g/mol. The number of nitrogens with one attached hydrogen (secondary N) is 1. The Morgan fingerprint density at radius 2 is 1.92 bits per heavy atom. The first-order valence-corrected chi connectivity index (χ1v) is 9.93. The number of thioether (sulfide) groups is 1. The van der Waals surface area contributed by atoms with Gasteiger partial charge in [0.15, 0.2) is 5.16 Å². The maximum atomic E-state index is 12.3. The van der Waals surface area contributed by atoms with Gasteiger partial charge in [0.25, 0.3) is 0 Å². The van der Waals surface area contributed by atoms with Gasteiger partial charge < -0.3 is 9.88 Å². The van der Waals surface area contributed by atoms with Crippen LogP contribution in [0.4, 0.5) is 5.69 Å². The zero-order chi connectivity index (χ0) is 18.5. The van der Waals surface area contributed by atoms with Crippen LogP contribution in [0.3, 0.4) is 0 Å². The maximum Gasteiger partial charge on any atom is 0.234 e. The van der Waals surface area contributed by atoms with Crippen molar-refractivity contribution in [1.29, 1.82) is 0 Å². The van der Waals surface area contributed by atoms with Crippen molar-refractivity contribution in [1.82, 2.24) is 14.8 Å². The first-order chi connectivity index (χ1) is 12.5. The maximum absolute atomic E-state index is 12.3. The minimum absolute atomic E-state index is 0.0661. The van der Waals surface area contributed by atoms with Crippen LogP contribution in [0.5, 0.6) is 0 Å². The third-order valence-electron chi connectivity index (χ3n) is 3.86. The minimum Gasteiger partial charge on any atom is -0.325 e. The Balaban J connectivity index is 1.62. The summed E-state index contributed by atoms with van der Waals surface area (Å²) in [5, 5.41) is 12.0. The topological polar surface area (TPSA) is 59.8 Å². The van der Waals surface area contributed by atoms with Gasteiger partial charge in [0.1, 0.15) is 5.82 Å². The molecule has 0 radical (unpaired) electrons. The number of carbonyl (C=O) groups is 1. The van der Waals surface area contributed by atoms with E-state index in [1.165, 1.54) is 17.3 Å². The zero-order valence-electron chi connectivity index (χ0n) is 14.6. The molecule has 0 saturated carbocycles. The van der Waals surface area contributed by atoms with Crippen LogP contribution in [0.2, 0.25) is 0 Å². The van der Waals surface area contributed by atoms with Crippen molar-refractivity contribution in [3.63, 3.8) is 0 Å². The molecule has 1 amide bonds. The number of aromatic nitrogens is 3. The van der Waals surface area contributed by atoms with Crippen LogP contribution in [-0.4, -0.2) is 26.4 Å². The van der Waals surface area contributed by atoms with Gasteiger partial charge in [-0.3, -0.25) is 4.79 Å². The van der Waals surface area contributed by atoms with Crippen molar-refractivity contribution >= 4 is 39.3 Å². The highest BCUT2D eigenvalue weighted by molar-refractivity contribution is 9.10. The summed E-state index contributed by atoms with van der Waals surface area (Å²) in [4.78, 5) is 12.3. The van der Waals surface area contributed by atoms with Gasteiger partial charge in [-0.25, -0.2) is 0 Å². The lowest BCUT2D eigenvalue weighted by Crippen LogP contribution is -2.15. The van der Waals surface area contributed by atoms with Crippen LogP contribution in [0.1, 0.15) is 17.0 Å². The molecule has 1 heterocycles. The first-order valence-electron chi connectivity index (χ1n) is 8.15. The summed E-state index contributed by atoms with van der Waals surface area (Å²) in [7, 11) is 0. The lowest BCUT2D eigenvalue weighted by Gasteiger charge is -2.09. The number of aryl methyl sites for hydroxylation is 2. The van der Waals surface area contributed by atoms with Crippen molar-refractivity contribution < 1.29 is 4.79 Å². The Labute approximate surface area is 165 Å². The second-order valence-corrected chi connectivity index (χ2v) is 7.70. The third-order valence-corrected chi connectivity index (χ3v) is 5.72. The number of hydrogen-bond acceptors (Lipinski definition) is 4. The largest absolute Gasteiger partial charge is 0.325 e. The number of rotatable bonds is 6. The van der Waals surface area contributed by atoms with Crippen molar-refractivity contribution in [3.05, 3.63) is 70.0 Å².